The molecule has 4 aliphatic rings. The van der Waals surface area contributed by atoms with E-state index in [-0.39, 0.29) is 105 Å². The van der Waals surface area contributed by atoms with E-state index < -0.39 is 36.1 Å². The monoisotopic (exact) mass is 1060 g/mol. The van der Waals surface area contributed by atoms with Crippen molar-refractivity contribution in [2.24, 2.45) is 23.7 Å². The van der Waals surface area contributed by atoms with Gasteiger partial charge in [0.1, 0.15) is 18.3 Å². The van der Waals surface area contributed by atoms with Crippen molar-refractivity contribution in [3.8, 4) is 0 Å². The van der Waals surface area contributed by atoms with Crippen LogP contribution in [0.15, 0.2) is 0 Å². The van der Waals surface area contributed by atoms with Crippen LogP contribution in [0.4, 0.5) is 17.6 Å². The van der Waals surface area contributed by atoms with Crippen LogP contribution in [0.1, 0.15) is 220 Å². The van der Waals surface area contributed by atoms with Crippen molar-refractivity contribution >= 4 is 17.9 Å². The van der Waals surface area contributed by atoms with E-state index in [1.807, 2.05) is 13.8 Å². The molecule has 18 heteroatoms. The highest BCUT2D eigenvalue weighted by molar-refractivity contribution is 5.69. The first kappa shape index (κ1) is 66.9. The smallest absolute Gasteiger partial charge is 0.305 e. The lowest BCUT2D eigenvalue weighted by atomic mass is 9.84. The molecule has 0 aromatic rings. The maximum absolute atomic E-state index is 14.5. The second-order valence-electron chi connectivity index (χ2n) is 20.9. The quantitative estimate of drug-likeness (QED) is 0.0235. The van der Waals surface area contributed by atoms with Crippen LogP contribution in [0.5, 0.6) is 0 Å². The molecule has 2 aliphatic heterocycles. The minimum absolute atomic E-state index is 0.0192. The van der Waals surface area contributed by atoms with E-state index in [0.29, 0.717) is 77.4 Å². The Hall–Kier alpha value is -2.19. The largest absolute Gasteiger partial charge is 0.481 e. The van der Waals surface area contributed by atoms with Crippen molar-refractivity contribution in [2.45, 2.75) is 281 Å². The number of carboxylic acid groups (broad SMARTS) is 1. The summed E-state index contributed by atoms with van der Waals surface area (Å²) in [6, 6.07) is 0. The number of carbonyl (C=O) groups excluding carboxylic acids is 2. The second-order valence-corrected chi connectivity index (χ2v) is 20.9. The van der Waals surface area contributed by atoms with Gasteiger partial charge in [0.15, 0.2) is 12.6 Å². The number of esters is 2. The van der Waals surface area contributed by atoms with Gasteiger partial charge in [-0.3, -0.25) is 14.4 Å². The summed E-state index contributed by atoms with van der Waals surface area (Å²) in [4.78, 5) is 33.9. The third-order valence-electron chi connectivity index (χ3n) is 15.0. The molecular formula is C55H98F4O14. The van der Waals surface area contributed by atoms with Gasteiger partial charge in [0.2, 0.25) is 0 Å². The van der Waals surface area contributed by atoms with E-state index in [2.05, 4.69) is 4.74 Å². The number of aliphatic hydroxyl groups is 4. The van der Waals surface area contributed by atoms with Crippen molar-refractivity contribution in [3.05, 3.63) is 0 Å². The Kier molecular flexibility index (Phi) is 34.4. The van der Waals surface area contributed by atoms with E-state index in [1.165, 1.54) is 14.0 Å². The van der Waals surface area contributed by atoms with Crippen LogP contribution in [0, 0.1) is 23.7 Å². The fourth-order valence-electron chi connectivity index (χ4n) is 11.0. The number of hydrogen-bond donors (Lipinski definition) is 5. The number of carboxylic acids is 1. The number of alkyl halides is 4. The summed E-state index contributed by atoms with van der Waals surface area (Å²) in [6.07, 6.45) is 11.7. The van der Waals surface area contributed by atoms with Gasteiger partial charge in [-0.1, -0.05) is 65.2 Å². The lowest BCUT2D eigenvalue weighted by molar-refractivity contribution is -0.198. The Morgan fingerprint density at radius 3 is 1.49 bits per heavy atom. The molecule has 2 heterocycles. The number of halogens is 4. The molecule has 5 N–H and O–H groups in total. The number of rotatable bonds is 33. The van der Waals surface area contributed by atoms with Crippen molar-refractivity contribution in [3.63, 3.8) is 0 Å². The molecule has 12 atom stereocenters. The highest BCUT2D eigenvalue weighted by Crippen LogP contribution is 2.45. The molecule has 4 fully saturated rings. The van der Waals surface area contributed by atoms with E-state index >= 15 is 0 Å². The lowest BCUT2D eigenvalue weighted by Crippen LogP contribution is -2.36. The summed E-state index contributed by atoms with van der Waals surface area (Å²) in [7, 11) is 1.38. The molecule has 14 nitrogen and oxygen atoms in total. The zero-order valence-corrected chi connectivity index (χ0v) is 45.2. The molecule has 6 unspecified atom stereocenters. The van der Waals surface area contributed by atoms with Crippen molar-refractivity contribution in [2.75, 3.05) is 26.9 Å². The van der Waals surface area contributed by atoms with Gasteiger partial charge < -0.3 is 54.0 Å². The third kappa shape index (κ3) is 26.6. The molecule has 2 saturated carbocycles. The Morgan fingerprint density at radius 2 is 1.05 bits per heavy atom. The van der Waals surface area contributed by atoms with Crippen LogP contribution in [0.3, 0.4) is 0 Å². The minimum Gasteiger partial charge on any atom is -0.481 e. The lowest BCUT2D eigenvalue weighted by Gasteiger charge is -2.32. The summed E-state index contributed by atoms with van der Waals surface area (Å²) in [5.41, 5.74) is 0. The molecule has 0 amide bonds. The van der Waals surface area contributed by atoms with Crippen LogP contribution in [-0.2, 0) is 42.8 Å². The molecular weight excluding hydrogens is 961 g/mol. The molecule has 2 saturated heterocycles. The van der Waals surface area contributed by atoms with Crippen LogP contribution in [0.2, 0.25) is 0 Å². The van der Waals surface area contributed by atoms with E-state index in [4.69, 9.17) is 33.9 Å². The Balaban J connectivity index is 0.000000477. The van der Waals surface area contributed by atoms with E-state index in [1.54, 1.807) is 6.92 Å². The Labute approximate surface area is 434 Å². The molecule has 0 radical (unpaired) electrons. The van der Waals surface area contributed by atoms with Crippen molar-refractivity contribution in [1.82, 2.24) is 0 Å². The summed E-state index contributed by atoms with van der Waals surface area (Å²) in [5.74, 6) is -7.96. The van der Waals surface area contributed by atoms with Gasteiger partial charge in [0, 0.05) is 71.2 Å². The van der Waals surface area contributed by atoms with Gasteiger partial charge in [-0.2, -0.15) is 0 Å². The molecule has 73 heavy (non-hydrogen) atoms. The average molecular weight is 1060 g/mol. The second kappa shape index (κ2) is 37.6. The number of ether oxygens (including phenoxy) is 6. The summed E-state index contributed by atoms with van der Waals surface area (Å²) in [5, 5.41) is 47.7. The van der Waals surface area contributed by atoms with Gasteiger partial charge in [-0.25, -0.2) is 17.6 Å². The van der Waals surface area contributed by atoms with Crippen LogP contribution >= 0.6 is 0 Å². The standard InChI is InChI=1S/C28H48F2O7.C25H44F2O6.C2H6O/c1-4-5-17-28(29,30)25(32)16-15-22-21(12-8-6-7-9-13-26(33)34-3)23(36-20(2)31)19-24(22)37-27-14-10-11-18-35-27;1-2-3-15-25(26,27)22(29)14-13-19-18(10-6-4-5-7-11-23(30)31)20(28)17-21(19)33-24-12-8-9-16-32-24;1-2-3/h21-25,27,32H,4-19H2,1-3H3;18-22,24,28-29H,2-17H2,1H3,(H,30,31);3H,2H2,1H3/t21?,22-,23+,24-,25?,27?;18?,19-,20+,21-,22?,24?;/m11./s1. The van der Waals surface area contributed by atoms with E-state index in [9.17, 15) is 47.3 Å². The highest BCUT2D eigenvalue weighted by Gasteiger charge is 2.48. The Morgan fingerprint density at radius 1 is 0.616 bits per heavy atom. The molecule has 4 rings (SSSR count). The first-order chi connectivity index (χ1) is 34.8. The third-order valence-corrected chi connectivity index (χ3v) is 15.0. The summed E-state index contributed by atoms with van der Waals surface area (Å²) >= 11 is 0. The minimum atomic E-state index is -3.12. The first-order valence-corrected chi connectivity index (χ1v) is 28.2. The highest BCUT2D eigenvalue weighted by atomic mass is 19.3. The van der Waals surface area contributed by atoms with Gasteiger partial charge in [-0.05, 0) is 127 Å². The topological polar surface area (TPSA) is 208 Å². The van der Waals surface area contributed by atoms with Crippen LogP contribution < -0.4 is 0 Å². The number of aliphatic hydroxyl groups excluding tert-OH is 4. The van der Waals surface area contributed by atoms with Crippen molar-refractivity contribution < 1.29 is 85.9 Å². The predicted molar refractivity (Wildman–Crippen MR) is 269 cm³/mol. The number of hydrogen-bond acceptors (Lipinski definition) is 13. The van der Waals surface area contributed by atoms with Gasteiger partial charge in [0.05, 0.1) is 25.4 Å². The maximum Gasteiger partial charge on any atom is 0.305 e. The molecule has 2 aliphatic carbocycles. The zero-order chi connectivity index (χ0) is 54.2. The van der Waals surface area contributed by atoms with Gasteiger partial charge in [0.25, 0.3) is 11.8 Å². The zero-order valence-electron chi connectivity index (χ0n) is 45.2. The summed E-state index contributed by atoms with van der Waals surface area (Å²) < 4.78 is 92.0. The normalized spacial score (nSPS) is 27.2. The van der Waals surface area contributed by atoms with Crippen LogP contribution in [0.25, 0.3) is 0 Å². The number of carbonyl (C=O) groups is 3. The number of methoxy groups -OCH3 is 1. The molecule has 0 aromatic heterocycles. The van der Waals surface area contributed by atoms with Gasteiger partial charge >= 0.3 is 17.9 Å². The number of unbranched alkanes of at least 4 members (excludes halogenated alkanes) is 8. The fraction of sp³-hybridized carbons (Fsp3) is 0.945. The predicted octanol–water partition coefficient (Wildman–Crippen LogP) is 11.2. The van der Waals surface area contributed by atoms with Crippen molar-refractivity contribution in [1.29, 1.82) is 0 Å². The Bertz CT molecular complexity index is 1450. The molecule has 0 spiro atoms. The fourth-order valence-corrected chi connectivity index (χ4v) is 11.0. The van der Waals surface area contributed by atoms with Gasteiger partial charge in [-0.15, -0.1) is 0 Å². The van der Waals surface area contributed by atoms with E-state index in [0.717, 1.165) is 96.3 Å². The molecule has 430 valence electrons. The maximum atomic E-state index is 14.5. The number of aliphatic carboxylic acids is 1. The summed E-state index contributed by atoms with van der Waals surface area (Å²) in [6.45, 7) is 8.30. The average Bonchev–Trinajstić information content (AvgIpc) is 3.83. The SMILES string of the molecule is CCCCC(F)(F)C(O)CC[C@@H]1C(CCCCCCC(=O)O)[C@@H](O)C[C@H]1OC1CCCCO1.CCCCC(F)(F)C(O)CC[C@@H]1C(CCCCCCC(=O)OC)[C@@H](OC(C)=O)C[C@H]1OC1CCCCO1.CCO. The van der Waals surface area contributed by atoms with Crippen LogP contribution in [-0.4, -0.2) is 131 Å². The molecule has 0 bridgehead atoms. The molecule has 0 aromatic carbocycles. The first-order valence-electron chi connectivity index (χ1n) is 28.2.